The molecule has 1 aliphatic carbocycles. The van der Waals surface area contributed by atoms with E-state index in [4.69, 9.17) is 5.11 Å². The van der Waals surface area contributed by atoms with Gasteiger partial charge in [0.15, 0.2) is 0 Å². The van der Waals surface area contributed by atoms with Gasteiger partial charge < -0.3 is 10.2 Å². The number of hydrogen-bond acceptors (Lipinski definition) is 2. The van der Waals surface area contributed by atoms with E-state index in [1.807, 2.05) is 13.8 Å². The maximum Gasteiger partial charge on any atom is 0.0687 e. The van der Waals surface area contributed by atoms with Gasteiger partial charge in [0.25, 0.3) is 0 Å². The van der Waals surface area contributed by atoms with Crippen LogP contribution in [-0.2, 0) is 0 Å². The molecule has 3 atom stereocenters. The van der Waals surface area contributed by atoms with Crippen molar-refractivity contribution in [2.45, 2.75) is 106 Å². The Balaban J connectivity index is 2.52. The zero-order valence-corrected chi connectivity index (χ0v) is 28.2. The number of aliphatic hydroxyl groups excluding tert-OH is 1. The van der Waals surface area contributed by atoms with E-state index in [2.05, 4.69) is 140 Å². The van der Waals surface area contributed by atoms with Gasteiger partial charge in [-0.15, -0.1) is 0 Å². The zero-order valence-electron chi connectivity index (χ0n) is 28.2. The minimum absolute atomic E-state index is 0.120. The third-order valence-electron chi connectivity index (χ3n) is 8.10. The van der Waals surface area contributed by atoms with Crippen LogP contribution < -0.4 is 0 Å². The fourth-order valence-corrected chi connectivity index (χ4v) is 5.35. The van der Waals surface area contributed by atoms with Crippen molar-refractivity contribution in [3.8, 4) is 0 Å². The first-order valence-corrected chi connectivity index (χ1v) is 15.8. The molecule has 0 aliphatic heterocycles. The van der Waals surface area contributed by atoms with Crippen LogP contribution in [0.1, 0.15) is 101 Å². The molecule has 0 aromatic heterocycles. The summed E-state index contributed by atoms with van der Waals surface area (Å²) in [6.45, 7) is 19.4. The highest BCUT2D eigenvalue weighted by molar-refractivity contribution is 5.30. The molecule has 1 rings (SSSR count). The second kappa shape index (κ2) is 19.5. The van der Waals surface area contributed by atoms with Crippen LogP contribution in [0.15, 0.2) is 119 Å². The Hall–Kier alpha value is -2.68. The van der Waals surface area contributed by atoms with Gasteiger partial charge in [-0.3, -0.25) is 0 Å². The van der Waals surface area contributed by atoms with E-state index in [9.17, 15) is 5.11 Å². The molecule has 1 fully saturated rings. The molecule has 42 heavy (non-hydrogen) atoms. The van der Waals surface area contributed by atoms with Gasteiger partial charge in [-0.2, -0.15) is 0 Å². The summed E-state index contributed by atoms with van der Waals surface area (Å²) in [5, 5.41) is 20.0. The van der Waals surface area contributed by atoms with Gasteiger partial charge in [0, 0.05) is 5.92 Å². The molecule has 1 saturated carbocycles. The summed E-state index contributed by atoms with van der Waals surface area (Å²) in [5.41, 5.74) is 5.50. The molecule has 0 saturated heterocycles. The van der Waals surface area contributed by atoms with Gasteiger partial charge in [0.2, 0.25) is 0 Å². The van der Waals surface area contributed by atoms with Gasteiger partial charge >= 0.3 is 0 Å². The summed E-state index contributed by atoms with van der Waals surface area (Å²) in [7, 11) is 0. The van der Waals surface area contributed by atoms with Crippen molar-refractivity contribution in [2.24, 2.45) is 17.3 Å². The van der Waals surface area contributed by atoms with Crippen molar-refractivity contribution in [3.05, 3.63) is 119 Å². The van der Waals surface area contributed by atoms with Crippen molar-refractivity contribution < 1.29 is 10.2 Å². The molecule has 2 nitrogen and oxygen atoms in total. The fraction of sp³-hybridized carbons (Fsp3) is 0.500. The highest BCUT2D eigenvalue weighted by atomic mass is 16.3. The molecule has 0 bridgehead atoms. The normalized spacial score (nSPS) is 24.4. The standard InChI is InChI=1S/C40H60O2/c1-32(19-12-21-34(3)22-13-23-35(4)24-15-26-37(6)31-41)17-10-11-18-33(2)20-14-25-36(5)27-28-38-39(7,8)29-16-30-40(38,9)42/h10-14,17-20,22-23,25-28,34,38,41-42H,15-16,21,24,29-31H2,1-9H3/b11-10+,19-12+,20-14+,22-13+,28-27+,32-17+,33-18+,35-23+,36-25+,37-26-. The first-order chi connectivity index (χ1) is 19.8. The Bertz CT molecular complexity index is 1110. The van der Waals surface area contributed by atoms with Crippen molar-refractivity contribution in [2.75, 3.05) is 6.61 Å². The molecule has 0 spiro atoms. The summed E-state index contributed by atoms with van der Waals surface area (Å²) in [4.78, 5) is 0. The van der Waals surface area contributed by atoms with E-state index < -0.39 is 5.60 Å². The van der Waals surface area contributed by atoms with E-state index in [0.29, 0.717) is 5.92 Å². The quantitative estimate of drug-likeness (QED) is 0.151. The van der Waals surface area contributed by atoms with Crippen LogP contribution in [0.3, 0.4) is 0 Å². The lowest BCUT2D eigenvalue weighted by Gasteiger charge is -2.46. The first-order valence-electron chi connectivity index (χ1n) is 15.8. The Kier molecular flexibility index (Phi) is 17.3. The van der Waals surface area contributed by atoms with Gasteiger partial charge in [0.05, 0.1) is 12.2 Å². The van der Waals surface area contributed by atoms with E-state index in [1.54, 1.807) is 0 Å². The average molecular weight is 573 g/mol. The smallest absolute Gasteiger partial charge is 0.0687 e. The van der Waals surface area contributed by atoms with Crippen LogP contribution in [0.4, 0.5) is 0 Å². The maximum atomic E-state index is 10.9. The average Bonchev–Trinajstić information content (AvgIpc) is 2.90. The minimum atomic E-state index is -0.630. The summed E-state index contributed by atoms with van der Waals surface area (Å²) in [6.07, 6.45) is 38.5. The zero-order chi connectivity index (χ0) is 31.6. The second-order valence-corrected chi connectivity index (χ2v) is 13.3. The maximum absolute atomic E-state index is 10.9. The topological polar surface area (TPSA) is 40.5 Å². The first kappa shape index (κ1) is 37.3. The van der Waals surface area contributed by atoms with Crippen LogP contribution in [0.2, 0.25) is 0 Å². The highest BCUT2D eigenvalue weighted by Crippen LogP contribution is 2.46. The molecular weight excluding hydrogens is 512 g/mol. The molecule has 0 amide bonds. The van der Waals surface area contributed by atoms with Crippen molar-refractivity contribution in [1.82, 2.24) is 0 Å². The molecule has 0 aromatic carbocycles. The predicted molar refractivity (Wildman–Crippen MR) is 186 cm³/mol. The molecular formula is C40H60O2. The molecule has 232 valence electrons. The van der Waals surface area contributed by atoms with Gasteiger partial charge in [-0.1, -0.05) is 146 Å². The third-order valence-corrected chi connectivity index (χ3v) is 8.10. The van der Waals surface area contributed by atoms with Crippen molar-refractivity contribution in [3.63, 3.8) is 0 Å². The molecule has 0 radical (unpaired) electrons. The monoisotopic (exact) mass is 572 g/mol. The number of hydrogen-bond donors (Lipinski definition) is 2. The Morgan fingerprint density at radius 1 is 0.786 bits per heavy atom. The van der Waals surface area contributed by atoms with E-state index >= 15 is 0 Å². The number of rotatable bonds is 15. The Labute approximate surface area is 259 Å². The molecule has 3 unspecified atom stereocenters. The molecule has 0 aromatic rings. The van der Waals surface area contributed by atoms with E-state index in [1.165, 1.54) is 22.3 Å². The van der Waals surface area contributed by atoms with Crippen LogP contribution >= 0.6 is 0 Å². The van der Waals surface area contributed by atoms with Crippen LogP contribution in [-0.4, -0.2) is 22.4 Å². The van der Waals surface area contributed by atoms with E-state index in [-0.39, 0.29) is 17.9 Å². The van der Waals surface area contributed by atoms with Crippen LogP contribution in [0.5, 0.6) is 0 Å². The summed E-state index contributed by atoms with van der Waals surface area (Å²) < 4.78 is 0. The lowest BCUT2D eigenvalue weighted by molar-refractivity contribution is -0.0661. The predicted octanol–water partition coefficient (Wildman–Crippen LogP) is 10.9. The van der Waals surface area contributed by atoms with E-state index in [0.717, 1.165) is 44.1 Å². The highest BCUT2D eigenvalue weighted by Gasteiger charge is 2.43. The fourth-order valence-electron chi connectivity index (χ4n) is 5.35. The van der Waals surface area contributed by atoms with Crippen molar-refractivity contribution in [1.29, 1.82) is 0 Å². The molecule has 1 aliphatic rings. The van der Waals surface area contributed by atoms with Crippen LogP contribution in [0, 0.1) is 17.3 Å². The van der Waals surface area contributed by atoms with Crippen molar-refractivity contribution >= 4 is 0 Å². The van der Waals surface area contributed by atoms with Crippen LogP contribution in [0.25, 0.3) is 0 Å². The summed E-state index contributed by atoms with van der Waals surface area (Å²) in [6, 6.07) is 0. The Morgan fingerprint density at radius 3 is 2.05 bits per heavy atom. The molecule has 2 N–H and O–H groups in total. The minimum Gasteiger partial charge on any atom is -0.392 e. The van der Waals surface area contributed by atoms with Gasteiger partial charge in [-0.05, 0) is 85.0 Å². The third kappa shape index (κ3) is 16.1. The second-order valence-electron chi connectivity index (χ2n) is 13.3. The molecule has 0 heterocycles. The Morgan fingerprint density at radius 2 is 1.40 bits per heavy atom. The number of aliphatic hydroxyl groups is 2. The lowest BCUT2D eigenvalue weighted by atomic mass is 9.62. The lowest BCUT2D eigenvalue weighted by Crippen LogP contribution is -2.45. The summed E-state index contributed by atoms with van der Waals surface area (Å²) in [5.74, 6) is 0.660. The van der Waals surface area contributed by atoms with Gasteiger partial charge in [0.1, 0.15) is 0 Å². The SMILES string of the molecule is C/C(=C/CC/C(C)=C/C=C/C(C)C/C=C/C(C)=C/C=C/C=C(C)/C=C/C=C(C)/C=C/C1C(C)(C)CCCC1(C)O)CO. The largest absolute Gasteiger partial charge is 0.392 e. The summed E-state index contributed by atoms with van der Waals surface area (Å²) >= 11 is 0. The molecule has 2 heteroatoms. The number of allylic oxidation sites excluding steroid dienone is 18. The van der Waals surface area contributed by atoms with Gasteiger partial charge in [-0.25, -0.2) is 0 Å².